The second kappa shape index (κ2) is 8.15. The first-order valence-electron chi connectivity index (χ1n) is 9.10. The molecule has 3 heteroatoms. The van der Waals surface area contributed by atoms with Gasteiger partial charge in [-0.3, -0.25) is 10.2 Å². The molecule has 0 aromatic rings. The molecule has 2 aliphatic carbocycles. The van der Waals surface area contributed by atoms with E-state index in [1.54, 1.807) is 0 Å². The van der Waals surface area contributed by atoms with Gasteiger partial charge in [0.15, 0.2) is 0 Å². The van der Waals surface area contributed by atoms with Crippen LogP contribution in [0.3, 0.4) is 0 Å². The number of likely N-dealkylation sites (N-methyl/N-ethyl adjacent to an activating group) is 1. The SMILES string of the molecule is CCNC(C)(C#N)CN(C1CCCCC1)C1CCCCC1. The maximum atomic E-state index is 9.62. The van der Waals surface area contributed by atoms with Gasteiger partial charge < -0.3 is 0 Å². The minimum absolute atomic E-state index is 0.399. The molecular formula is C18H33N3. The molecule has 2 fully saturated rings. The highest BCUT2D eigenvalue weighted by Crippen LogP contribution is 2.31. The van der Waals surface area contributed by atoms with E-state index >= 15 is 0 Å². The zero-order chi connectivity index (χ0) is 15.1. The van der Waals surface area contributed by atoms with Gasteiger partial charge in [-0.25, -0.2) is 0 Å². The highest BCUT2D eigenvalue weighted by molar-refractivity contribution is 5.07. The van der Waals surface area contributed by atoms with E-state index in [0.29, 0.717) is 12.1 Å². The zero-order valence-electron chi connectivity index (χ0n) is 14.0. The lowest BCUT2D eigenvalue weighted by Gasteiger charge is -2.44. The molecule has 2 aliphatic rings. The fourth-order valence-electron chi connectivity index (χ4n) is 4.27. The second-order valence-electron chi connectivity index (χ2n) is 7.23. The summed E-state index contributed by atoms with van der Waals surface area (Å²) >= 11 is 0. The van der Waals surface area contributed by atoms with Crippen molar-refractivity contribution in [3.63, 3.8) is 0 Å². The van der Waals surface area contributed by atoms with Crippen LogP contribution in [0.4, 0.5) is 0 Å². The Morgan fingerprint density at radius 2 is 1.48 bits per heavy atom. The van der Waals surface area contributed by atoms with E-state index in [1.165, 1.54) is 64.2 Å². The maximum absolute atomic E-state index is 9.62. The van der Waals surface area contributed by atoms with Gasteiger partial charge in [-0.15, -0.1) is 0 Å². The van der Waals surface area contributed by atoms with Crippen molar-refractivity contribution in [1.82, 2.24) is 10.2 Å². The highest BCUT2D eigenvalue weighted by Gasteiger charge is 2.34. The van der Waals surface area contributed by atoms with Gasteiger partial charge in [-0.05, 0) is 39.2 Å². The fraction of sp³-hybridized carbons (Fsp3) is 0.944. The van der Waals surface area contributed by atoms with Crippen LogP contribution in [0.2, 0.25) is 0 Å². The lowest BCUT2D eigenvalue weighted by atomic mass is 9.87. The van der Waals surface area contributed by atoms with E-state index < -0.39 is 5.54 Å². The normalized spacial score (nSPS) is 24.7. The number of hydrogen-bond donors (Lipinski definition) is 1. The van der Waals surface area contributed by atoms with Crippen molar-refractivity contribution in [3.05, 3.63) is 0 Å². The number of rotatable bonds is 6. The summed E-state index contributed by atoms with van der Waals surface area (Å²) < 4.78 is 0. The Bertz CT molecular complexity index is 319. The van der Waals surface area contributed by atoms with Crippen LogP contribution in [-0.2, 0) is 0 Å². The Labute approximate surface area is 131 Å². The first kappa shape index (κ1) is 16.8. The molecule has 1 atom stereocenters. The summed E-state index contributed by atoms with van der Waals surface area (Å²) in [6.07, 6.45) is 13.6. The minimum Gasteiger partial charge on any atom is -0.299 e. The van der Waals surface area contributed by atoms with Gasteiger partial charge in [0.2, 0.25) is 0 Å². The predicted octanol–water partition coefficient (Wildman–Crippen LogP) is 3.85. The minimum atomic E-state index is -0.399. The number of nitrogens with one attached hydrogen (secondary N) is 1. The Morgan fingerprint density at radius 1 is 1.00 bits per heavy atom. The Balaban J connectivity index is 2.08. The van der Waals surface area contributed by atoms with Crippen molar-refractivity contribution < 1.29 is 0 Å². The molecule has 0 aromatic heterocycles. The smallest absolute Gasteiger partial charge is 0.116 e. The Morgan fingerprint density at radius 3 is 1.86 bits per heavy atom. The van der Waals surface area contributed by atoms with E-state index in [0.717, 1.165) is 13.1 Å². The molecule has 21 heavy (non-hydrogen) atoms. The van der Waals surface area contributed by atoms with Crippen LogP contribution in [0.15, 0.2) is 0 Å². The lowest BCUT2D eigenvalue weighted by Crippen LogP contribution is -2.56. The second-order valence-corrected chi connectivity index (χ2v) is 7.23. The van der Waals surface area contributed by atoms with Crippen molar-refractivity contribution >= 4 is 0 Å². The largest absolute Gasteiger partial charge is 0.299 e. The Kier molecular flexibility index (Phi) is 6.51. The molecular weight excluding hydrogens is 258 g/mol. The van der Waals surface area contributed by atoms with E-state index in [2.05, 4.69) is 30.1 Å². The van der Waals surface area contributed by atoms with Crippen LogP contribution in [0.5, 0.6) is 0 Å². The van der Waals surface area contributed by atoms with E-state index in [4.69, 9.17) is 0 Å². The molecule has 0 aliphatic heterocycles. The maximum Gasteiger partial charge on any atom is 0.116 e. The topological polar surface area (TPSA) is 39.1 Å². The van der Waals surface area contributed by atoms with Crippen LogP contribution < -0.4 is 5.32 Å². The molecule has 3 nitrogen and oxygen atoms in total. The average Bonchev–Trinajstić information content (AvgIpc) is 2.55. The van der Waals surface area contributed by atoms with Gasteiger partial charge >= 0.3 is 0 Å². The van der Waals surface area contributed by atoms with Crippen molar-refractivity contribution in [2.24, 2.45) is 0 Å². The van der Waals surface area contributed by atoms with Crippen molar-refractivity contribution in [2.45, 2.75) is 95.7 Å². The third-order valence-electron chi connectivity index (χ3n) is 5.40. The van der Waals surface area contributed by atoms with Gasteiger partial charge in [-0.2, -0.15) is 5.26 Å². The monoisotopic (exact) mass is 291 g/mol. The summed E-state index contributed by atoms with van der Waals surface area (Å²) in [6.45, 7) is 5.94. The Hall–Kier alpha value is -0.590. The molecule has 0 aromatic carbocycles. The highest BCUT2D eigenvalue weighted by atomic mass is 15.2. The molecule has 120 valence electrons. The van der Waals surface area contributed by atoms with Crippen LogP contribution in [0.1, 0.15) is 78.1 Å². The molecule has 0 heterocycles. The van der Waals surface area contributed by atoms with Crippen molar-refractivity contribution in [3.8, 4) is 6.07 Å². The molecule has 0 spiro atoms. The van der Waals surface area contributed by atoms with Gasteiger partial charge in [-0.1, -0.05) is 45.4 Å². The van der Waals surface area contributed by atoms with Gasteiger partial charge in [0.1, 0.15) is 5.54 Å². The number of nitriles is 1. The van der Waals surface area contributed by atoms with E-state index in [1.807, 2.05) is 0 Å². The average molecular weight is 291 g/mol. The summed E-state index contributed by atoms with van der Waals surface area (Å²) in [7, 11) is 0. The van der Waals surface area contributed by atoms with Gasteiger partial charge in [0.25, 0.3) is 0 Å². The first-order valence-corrected chi connectivity index (χ1v) is 9.10. The summed E-state index contributed by atoms with van der Waals surface area (Å²) in [5.74, 6) is 0. The summed E-state index contributed by atoms with van der Waals surface area (Å²) in [5.41, 5.74) is -0.399. The van der Waals surface area contributed by atoms with Crippen LogP contribution in [-0.4, -0.2) is 35.6 Å². The molecule has 1 unspecified atom stereocenters. The third kappa shape index (κ3) is 4.69. The quantitative estimate of drug-likeness (QED) is 0.808. The number of nitrogens with zero attached hydrogens (tertiary/aromatic N) is 2. The lowest BCUT2D eigenvalue weighted by molar-refractivity contribution is 0.0625. The van der Waals surface area contributed by atoms with E-state index in [-0.39, 0.29) is 0 Å². The molecule has 2 rings (SSSR count). The summed E-state index contributed by atoms with van der Waals surface area (Å²) in [4.78, 5) is 2.73. The first-order chi connectivity index (χ1) is 10.2. The zero-order valence-corrected chi connectivity index (χ0v) is 14.0. The summed E-state index contributed by atoms with van der Waals surface area (Å²) in [5, 5.41) is 13.0. The van der Waals surface area contributed by atoms with Crippen LogP contribution in [0, 0.1) is 11.3 Å². The predicted molar refractivity (Wildman–Crippen MR) is 88.1 cm³/mol. The van der Waals surface area contributed by atoms with Crippen LogP contribution >= 0.6 is 0 Å². The summed E-state index contributed by atoms with van der Waals surface area (Å²) in [6, 6.07) is 3.97. The molecule has 0 bridgehead atoms. The van der Waals surface area contributed by atoms with Crippen LogP contribution in [0.25, 0.3) is 0 Å². The third-order valence-corrected chi connectivity index (χ3v) is 5.40. The standard InChI is InChI=1S/C18H33N3/c1-3-20-18(2,14-19)15-21(16-10-6-4-7-11-16)17-12-8-5-9-13-17/h16-17,20H,3-13,15H2,1-2H3. The van der Waals surface area contributed by atoms with E-state index in [9.17, 15) is 5.26 Å². The fourth-order valence-corrected chi connectivity index (χ4v) is 4.27. The van der Waals surface area contributed by atoms with Gasteiger partial charge in [0.05, 0.1) is 6.07 Å². The molecule has 0 amide bonds. The molecule has 1 N–H and O–H groups in total. The molecule has 0 saturated heterocycles. The molecule has 2 saturated carbocycles. The van der Waals surface area contributed by atoms with Crippen molar-refractivity contribution in [2.75, 3.05) is 13.1 Å². The number of hydrogen-bond acceptors (Lipinski definition) is 3. The molecule has 0 radical (unpaired) electrons. The van der Waals surface area contributed by atoms with Gasteiger partial charge in [0, 0.05) is 18.6 Å². The van der Waals surface area contributed by atoms with Crippen molar-refractivity contribution in [1.29, 1.82) is 5.26 Å².